The van der Waals surface area contributed by atoms with E-state index in [0.717, 1.165) is 5.56 Å². The lowest BCUT2D eigenvalue weighted by Crippen LogP contribution is -2.31. The Bertz CT molecular complexity index is 1210. The number of carbonyl (C=O) groups excluding carboxylic acids is 2. The van der Waals surface area contributed by atoms with E-state index in [1.807, 2.05) is 50.2 Å². The van der Waals surface area contributed by atoms with E-state index in [1.54, 1.807) is 32.0 Å². The van der Waals surface area contributed by atoms with Crippen LogP contribution in [-0.4, -0.2) is 28.6 Å². The third-order valence-corrected chi connectivity index (χ3v) is 5.66. The highest BCUT2D eigenvalue weighted by atomic mass is 16.5. The molecule has 1 N–H and O–H groups in total. The highest BCUT2D eigenvalue weighted by Crippen LogP contribution is 2.45. The zero-order valence-corrected chi connectivity index (χ0v) is 19.7. The minimum Gasteiger partial charge on any atom is -0.503 e. The van der Waals surface area contributed by atoms with E-state index in [4.69, 9.17) is 9.26 Å². The van der Waals surface area contributed by atoms with Crippen molar-refractivity contribution in [1.82, 2.24) is 5.16 Å². The number of aliphatic hydroxyl groups is 1. The van der Waals surface area contributed by atoms with Gasteiger partial charge in [-0.05, 0) is 24.1 Å². The lowest BCUT2D eigenvalue weighted by molar-refractivity contribution is -0.119. The maximum absolute atomic E-state index is 13.3. The Morgan fingerprint density at radius 3 is 2.41 bits per heavy atom. The average Bonchev–Trinajstić information content (AvgIpc) is 3.45. The molecule has 1 aliphatic rings. The molecule has 7 nitrogen and oxygen atoms in total. The number of amides is 1. The van der Waals surface area contributed by atoms with Gasteiger partial charge in [-0.25, -0.2) is 0 Å². The topological polar surface area (TPSA) is 92.9 Å². The molecule has 0 fully saturated rings. The molecule has 0 saturated heterocycles. The number of carbonyl (C=O) groups is 2. The molecule has 2 aromatic carbocycles. The SMILES string of the molecule is CC(C)COc1ccccc1C1C(C(=O)C(C)C)=C(O)C(=O)N1c1ccc(-c2ccon2)cc1. The zero-order valence-electron chi connectivity index (χ0n) is 19.7. The van der Waals surface area contributed by atoms with Gasteiger partial charge in [0.25, 0.3) is 5.91 Å². The molecule has 1 unspecified atom stereocenters. The van der Waals surface area contributed by atoms with Crippen LogP contribution in [0.3, 0.4) is 0 Å². The summed E-state index contributed by atoms with van der Waals surface area (Å²) in [6, 6.07) is 15.4. The first-order valence-electron chi connectivity index (χ1n) is 11.3. The fourth-order valence-corrected chi connectivity index (χ4v) is 3.98. The van der Waals surface area contributed by atoms with Crippen LogP contribution in [-0.2, 0) is 9.59 Å². The van der Waals surface area contributed by atoms with Gasteiger partial charge in [-0.1, -0.05) is 63.2 Å². The number of aliphatic hydroxyl groups excluding tert-OH is 1. The number of ketones is 1. The summed E-state index contributed by atoms with van der Waals surface area (Å²) in [6.45, 7) is 8.07. The van der Waals surface area contributed by atoms with E-state index in [2.05, 4.69) is 5.16 Å². The fourth-order valence-electron chi connectivity index (χ4n) is 3.98. The summed E-state index contributed by atoms with van der Waals surface area (Å²) in [6.07, 6.45) is 1.49. The van der Waals surface area contributed by atoms with Crippen molar-refractivity contribution in [1.29, 1.82) is 0 Å². The molecule has 7 heteroatoms. The maximum Gasteiger partial charge on any atom is 0.294 e. The van der Waals surface area contributed by atoms with Crippen molar-refractivity contribution in [3.05, 3.63) is 77.8 Å². The second-order valence-electron chi connectivity index (χ2n) is 9.03. The number of hydrogen-bond donors (Lipinski definition) is 1. The lowest BCUT2D eigenvalue weighted by atomic mass is 9.90. The van der Waals surface area contributed by atoms with Crippen LogP contribution in [0.15, 0.2) is 76.7 Å². The van der Waals surface area contributed by atoms with Gasteiger partial charge in [0.05, 0.1) is 18.2 Å². The molecule has 3 aromatic rings. The molecule has 176 valence electrons. The third-order valence-electron chi connectivity index (χ3n) is 5.66. The standard InChI is InChI=1S/C27H28N2O5/c1-16(2)15-33-22-8-6-5-7-20(22)24-23(25(30)17(3)4)26(31)27(32)29(24)19-11-9-18(10-12-19)21-13-14-34-28-21/h5-14,16-17,24,31H,15H2,1-4H3. The lowest BCUT2D eigenvalue weighted by Gasteiger charge is -2.29. The molecular formula is C27H28N2O5. The van der Waals surface area contributed by atoms with Gasteiger partial charge in [0, 0.05) is 28.8 Å². The Morgan fingerprint density at radius 2 is 1.79 bits per heavy atom. The third kappa shape index (κ3) is 4.33. The van der Waals surface area contributed by atoms with Crippen molar-refractivity contribution < 1.29 is 24.0 Å². The van der Waals surface area contributed by atoms with Crippen molar-refractivity contribution in [2.45, 2.75) is 33.7 Å². The van der Waals surface area contributed by atoms with E-state index >= 15 is 0 Å². The normalized spacial score (nSPS) is 16.1. The molecule has 0 radical (unpaired) electrons. The molecular weight excluding hydrogens is 432 g/mol. The van der Waals surface area contributed by atoms with Gasteiger partial charge in [0.1, 0.15) is 17.7 Å². The van der Waals surface area contributed by atoms with Crippen molar-refractivity contribution in [3.8, 4) is 17.0 Å². The molecule has 0 saturated carbocycles. The number of para-hydroxylation sites is 1. The Morgan fingerprint density at radius 1 is 1.09 bits per heavy atom. The zero-order chi connectivity index (χ0) is 24.4. The molecule has 1 aliphatic heterocycles. The van der Waals surface area contributed by atoms with E-state index in [0.29, 0.717) is 35.2 Å². The first-order chi connectivity index (χ1) is 16.3. The summed E-state index contributed by atoms with van der Waals surface area (Å²) in [5, 5.41) is 14.8. The quantitative estimate of drug-likeness (QED) is 0.477. The molecule has 4 rings (SSSR count). The van der Waals surface area contributed by atoms with E-state index in [1.165, 1.54) is 11.2 Å². The minimum absolute atomic E-state index is 0.0844. The summed E-state index contributed by atoms with van der Waals surface area (Å²) < 4.78 is 11.0. The minimum atomic E-state index is -0.816. The largest absolute Gasteiger partial charge is 0.503 e. The molecule has 2 heterocycles. The molecule has 1 amide bonds. The molecule has 1 aromatic heterocycles. The van der Waals surface area contributed by atoms with Gasteiger partial charge in [0.15, 0.2) is 11.5 Å². The van der Waals surface area contributed by atoms with Crippen LogP contribution in [0.2, 0.25) is 0 Å². The number of nitrogens with zero attached hydrogens (tertiary/aromatic N) is 2. The van der Waals surface area contributed by atoms with Crippen molar-refractivity contribution in [2.24, 2.45) is 11.8 Å². The van der Waals surface area contributed by atoms with E-state index in [-0.39, 0.29) is 11.4 Å². The van der Waals surface area contributed by atoms with Gasteiger partial charge >= 0.3 is 0 Å². The first-order valence-corrected chi connectivity index (χ1v) is 11.3. The van der Waals surface area contributed by atoms with Crippen LogP contribution < -0.4 is 9.64 Å². The van der Waals surface area contributed by atoms with Crippen LogP contribution in [0, 0.1) is 11.8 Å². The molecule has 34 heavy (non-hydrogen) atoms. The second-order valence-corrected chi connectivity index (χ2v) is 9.03. The van der Waals surface area contributed by atoms with Gasteiger partial charge in [-0.2, -0.15) is 0 Å². The van der Waals surface area contributed by atoms with Crippen LogP contribution in [0.25, 0.3) is 11.3 Å². The number of benzene rings is 2. The highest BCUT2D eigenvalue weighted by molar-refractivity contribution is 6.17. The maximum atomic E-state index is 13.3. The van der Waals surface area contributed by atoms with Crippen LogP contribution in [0.4, 0.5) is 5.69 Å². The summed E-state index contributed by atoms with van der Waals surface area (Å²) >= 11 is 0. The van der Waals surface area contributed by atoms with Crippen molar-refractivity contribution in [3.63, 3.8) is 0 Å². The number of Topliss-reactive ketones (excluding diaryl/α,β-unsaturated/α-hetero) is 1. The molecule has 0 bridgehead atoms. The number of rotatable bonds is 8. The molecule has 1 atom stereocenters. The number of aromatic nitrogens is 1. The van der Waals surface area contributed by atoms with Gasteiger partial charge in [-0.3, -0.25) is 14.5 Å². The monoisotopic (exact) mass is 460 g/mol. The smallest absolute Gasteiger partial charge is 0.294 e. The van der Waals surface area contributed by atoms with Crippen LogP contribution in [0.5, 0.6) is 5.75 Å². The fraction of sp³-hybridized carbons (Fsp3) is 0.296. The summed E-state index contributed by atoms with van der Waals surface area (Å²) in [5.41, 5.74) is 2.75. The van der Waals surface area contributed by atoms with Gasteiger partial charge in [-0.15, -0.1) is 0 Å². The van der Waals surface area contributed by atoms with Gasteiger partial charge in [0.2, 0.25) is 0 Å². The van der Waals surface area contributed by atoms with Crippen molar-refractivity contribution in [2.75, 3.05) is 11.5 Å². The predicted molar refractivity (Wildman–Crippen MR) is 128 cm³/mol. The predicted octanol–water partition coefficient (Wildman–Crippen LogP) is 5.50. The first kappa shape index (κ1) is 23.3. The molecule has 0 aliphatic carbocycles. The summed E-state index contributed by atoms with van der Waals surface area (Å²) in [7, 11) is 0. The number of ether oxygens (including phenoxy) is 1. The number of anilines is 1. The summed E-state index contributed by atoms with van der Waals surface area (Å²) in [4.78, 5) is 28.0. The van der Waals surface area contributed by atoms with Crippen molar-refractivity contribution >= 4 is 17.4 Å². The number of hydrogen-bond acceptors (Lipinski definition) is 6. The Labute approximate surface area is 198 Å². The highest BCUT2D eigenvalue weighted by Gasteiger charge is 2.45. The van der Waals surface area contributed by atoms with Gasteiger partial charge < -0.3 is 14.4 Å². The molecule has 0 spiro atoms. The Balaban J connectivity index is 1.82. The second kappa shape index (κ2) is 9.55. The van der Waals surface area contributed by atoms with Crippen LogP contribution >= 0.6 is 0 Å². The van der Waals surface area contributed by atoms with E-state index in [9.17, 15) is 14.7 Å². The Hall–Kier alpha value is -3.87. The van der Waals surface area contributed by atoms with E-state index < -0.39 is 23.6 Å². The van der Waals surface area contributed by atoms with Crippen LogP contribution in [0.1, 0.15) is 39.3 Å². The average molecular weight is 461 g/mol. The Kier molecular flexibility index (Phi) is 6.54. The summed E-state index contributed by atoms with van der Waals surface area (Å²) in [5.74, 6) is -0.965.